The molecule has 0 amide bonds. The largest absolute Gasteiger partial charge is 0.385 e. The van der Waals surface area contributed by atoms with Crippen LogP contribution in [0.25, 0.3) is 0 Å². The highest BCUT2D eigenvalue weighted by Crippen LogP contribution is 2.12. The second kappa shape index (κ2) is 6.46. The van der Waals surface area contributed by atoms with Crippen molar-refractivity contribution in [1.29, 1.82) is 0 Å². The lowest BCUT2D eigenvalue weighted by Gasteiger charge is -2.12. The van der Waals surface area contributed by atoms with Gasteiger partial charge in [0, 0.05) is 19.3 Å². The predicted molar refractivity (Wildman–Crippen MR) is 65.1 cm³/mol. The van der Waals surface area contributed by atoms with Crippen LogP contribution in [-0.2, 0) is 11.3 Å². The van der Waals surface area contributed by atoms with Gasteiger partial charge in [-0.05, 0) is 23.6 Å². The first-order valence-electron chi connectivity index (χ1n) is 5.58. The Morgan fingerprint density at radius 2 is 2.20 bits per heavy atom. The molecule has 1 atom stereocenters. The van der Waals surface area contributed by atoms with E-state index < -0.39 is 0 Å². The zero-order valence-corrected chi connectivity index (χ0v) is 9.92. The van der Waals surface area contributed by atoms with Crippen LogP contribution in [0.1, 0.15) is 25.8 Å². The van der Waals surface area contributed by atoms with Crippen molar-refractivity contribution in [3.8, 4) is 0 Å². The summed E-state index contributed by atoms with van der Waals surface area (Å²) in [5, 5.41) is 3.44. The molecule has 15 heavy (non-hydrogen) atoms. The number of anilines is 1. The number of benzene rings is 1. The summed E-state index contributed by atoms with van der Waals surface area (Å²) >= 11 is 0. The summed E-state index contributed by atoms with van der Waals surface area (Å²) in [4.78, 5) is 0. The molecule has 84 valence electrons. The highest BCUT2D eigenvalue weighted by Gasteiger charge is 1.99. The maximum atomic E-state index is 5.10. The number of ether oxygens (including phenoxy) is 1. The number of nitrogens with one attached hydrogen (secondary N) is 1. The van der Waals surface area contributed by atoms with Gasteiger partial charge in [0.2, 0.25) is 0 Å². The molecule has 0 aliphatic carbocycles. The van der Waals surface area contributed by atoms with Gasteiger partial charge in [-0.3, -0.25) is 0 Å². The zero-order valence-electron chi connectivity index (χ0n) is 9.92. The summed E-state index contributed by atoms with van der Waals surface area (Å²) < 4.78 is 5.10. The second-order valence-corrected chi connectivity index (χ2v) is 4.03. The second-order valence-electron chi connectivity index (χ2n) is 4.03. The van der Waals surface area contributed by atoms with Gasteiger partial charge >= 0.3 is 0 Å². The summed E-state index contributed by atoms with van der Waals surface area (Å²) in [6.07, 6.45) is 1.21. The van der Waals surface area contributed by atoms with Crippen LogP contribution in [0.2, 0.25) is 0 Å². The molecule has 2 nitrogen and oxygen atoms in total. The highest BCUT2D eigenvalue weighted by atomic mass is 16.5. The summed E-state index contributed by atoms with van der Waals surface area (Å²) in [6, 6.07) is 8.39. The first kappa shape index (κ1) is 12.1. The van der Waals surface area contributed by atoms with Crippen molar-refractivity contribution >= 4 is 5.69 Å². The van der Waals surface area contributed by atoms with E-state index in [0.717, 1.165) is 12.5 Å². The van der Waals surface area contributed by atoms with E-state index in [2.05, 4.69) is 43.4 Å². The Labute approximate surface area is 92.6 Å². The van der Waals surface area contributed by atoms with Crippen LogP contribution in [-0.4, -0.2) is 13.7 Å². The average Bonchev–Trinajstić information content (AvgIpc) is 2.27. The molecule has 1 unspecified atom stereocenters. The lowest BCUT2D eigenvalue weighted by molar-refractivity contribution is 0.185. The lowest BCUT2D eigenvalue weighted by atomic mass is 10.1. The lowest BCUT2D eigenvalue weighted by Crippen LogP contribution is -2.10. The minimum atomic E-state index is 0.679. The van der Waals surface area contributed by atoms with E-state index in [1.54, 1.807) is 7.11 Å². The van der Waals surface area contributed by atoms with Crippen molar-refractivity contribution in [3.05, 3.63) is 29.8 Å². The molecule has 0 heterocycles. The van der Waals surface area contributed by atoms with Crippen LogP contribution < -0.4 is 5.32 Å². The van der Waals surface area contributed by atoms with Crippen LogP contribution in [0.3, 0.4) is 0 Å². The third kappa shape index (κ3) is 4.34. The molecule has 0 radical (unpaired) electrons. The van der Waals surface area contributed by atoms with Crippen LogP contribution >= 0.6 is 0 Å². The van der Waals surface area contributed by atoms with E-state index in [1.165, 1.54) is 17.7 Å². The Bertz CT molecular complexity index is 286. The molecule has 0 bridgehead atoms. The van der Waals surface area contributed by atoms with Crippen molar-refractivity contribution in [2.45, 2.75) is 26.9 Å². The molecule has 0 aliphatic heterocycles. The van der Waals surface area contributed by atoms with Crippen LogP contribution in [0, 0.1) is 5.92 Å². The monoisotopic (exact) mass is 207 g/mol. The Balaban J connectivity index is 2.50. The molecule has 0 saturated carbocycles. The molecule has 1 aromatic rings. The fourth-order valence-electron chi connectivity index (χ4n) is 1.37. The third-order valence-electron chi connectivity index (χ3n) is 2.59. The van der Waals surface area contributed by atoms with Gasteiger partial charge in [-0.2, -0.15) is 0 Å². The Morgan fingerprint density at radius 1 is 1.40 bits per heavy atom. The zero-order chi connectivity index (χ0) is 11.1. The summed E-state index contributed by atoms with van der Waals surface area (Å²) in [5.41, 5.74) is 2.40. The van der Waals surface area contributed by atoms with Crippen LogP contribution in [0.5, 0.6) is 0 Å². The van der Waals surface area contributed by atoms with Gasteiger partial charge in [0.05, 0.1) is 6.61 Å². The first-order chi connectivity index (χ1) is 7.26. The molecular weight excluding hydrogens is 186 g/mol. The van der Waals surface area contributed by atoms with Gasteiger partial charge in [-0.15, -0.1) is 0 Å². The van der Waals surface area contributed by atoms with Gasteiger partial charge in [0.25, 0.3) is 0 Å². The molecule has 2 heteroatoms. The Kier molecular flexibility index (Phi) is 5.19. The highest BCUT2D eigenvalue weighted by molar-refractivity contribution is 5.45. The van der Waals surface area contributed by atoms with Crippen LogP contribution in [0.4, 0.5) is 5.69 Å². The summed E-state index contributed by atoms with van der Waals surface area (Å²) in [5.74, 6) is 0.719. The standard InChI is InChI=1S/C13H21NO/c1-4-11(2)9-14-13-7-5-6-12(8-13)10-15-3/h5-8,11,14H,4,9-10H2,1-3H3. The quantitative estimate of drug-likeness (QED) is 0.773. The number of hydrogen-bond acceptors (Lipinski definition) is 2. The Morgan fingerprint density at radius 3 is 2.87 bits per heavy atom. The predicted octanol–water partition coefficient (Wildman–Crippen LogP) is 3.29. The fourth-order valence-corrected chi connectivity index (χ4v) is 1.37. The van der Waals surface area contributed by atoms with E-state index >= 15 is 0 Å². The van der Waals surface area contributed by atoms with Crippen LogP contribution in [0.15, 0.2) is 24.3 Å². The molecule has 1 aromatic carbocycles. The van der Waals surface area contributed by atoms with Crippen molar-refractivity contribution in [2.75, 3.05) is 19.0 Å². The smallest absolute Gasteiger partial charge is 0.0713 e. The van der Waals surface area contributed by atoms with E-state index in [9.17, 15) is 0 Å². The molecule has 1 N–H and O–H groups in total. The number of hydrogen-bond donors (Lipinski definition) is 1. The van der Waals surface area contributed by atoms with Gasteiger partial charge in [-0.25, -0.2) is 0 Å². The normalized spacial score (nSPS) is 12.5. The molecule has 1 rings (SSSR count). The molecule has 0 fully saturated rings. The molecule has 0 saturated heterocycles. The summed E-state index contributed by atoms with van der Waals surface area (Å²) in [6.45, 7) is 6.19. The SMILES string of the molecule is CCC(C)CNc1cccc(COC)c1. The number of rotatable bonds is 6. The van der Waals surface area contributed by atoms with E-state index in [0.29, 0.717) is 6.61 Å². The Hall–Kier alpha value is -1.02. The van der Waals surface area contributed by atoms with Crippen molar-refractivity contribution in [3.63, 3.8) is 0 Å². The van der Waals surface area contributed by atoms with Crippen molar-refractivity contribution in [1.82, 2.24) is 0 Å². The topological polar surface area (TPSA) is 21.3 Å². The maximum Gasteiger partial charge on any atom is 0.0713 e. The van der Waals surface area contributed by atoms with Gasteiger partial charge in [0.15, 0.2) is 0 Å². The van der Waals surface area contributed by atoms with E-state index in [1.807, 2.05) is 0 Å². The van der Waals surface area contributed by atoms with Crippen molar-refractivity contribution in [2.24, 2.45) is 5.92 Å². The number of methoxy groups -OCH3 is 1. The van der Waals surface area contributed by atoms with E-state index in [4.69, 9.17) is 4.74 Å². The first-order valence-corrected chi connectivity index (χ1v) is 5.58. The third-order valence-corrected chi connectivity index (χ3v) is 2.59. The summed E-state index contributed by atoms with van der Waals surface area (Å²) in [7, 11) is 1.72. The molecule has 0 aliphatic rings. The molecular formula is C13H21NO. The van der Waals surface area contributed by atoms with Gasteiger partial charge in [0.1, 0.15) is 0 Å². The maximum absolute atomic E-state index is 5.10. The average molecular weight is 207 g/mol. The molecule has 0 aromatic heterocycles. The minimum Gasteiger partial charge on any atom is -0.385 e. The molecule has 0 spiro atoms. The minimum absolute atomic E-state index is 0.679. The van der Waals surface area contributed by atoms with Gasteiger partial charge in [-0.1, -0.05) is 32.4 Å². The fraction of sp³-hybridized carbons (Fsp3) is 0.538. The van der Waals surface area contributed by atoms with Gasteiger partial charge < -0.3 is 10.1 Å². The van der Waals surface area contributed by atoms with E-state index in [-0.39, 0.29) is 0 Å². The van der Waals surface area contributed by atoms with Crippen molar-refractivity contribution < 1.29 is 4.74 Å².